The average Bonchev–Trinajstić information content (AvgIpc) is 4.02. The number of likely N-dealkylation sites (tertiary alicyclic amines) is 2. The molecule has 5 fully saturated rings. The van der Waals surface area contributed by atoms with Gasteiger partial charge in [-0.1, -0.05) is 38.2 Å². The molecule has 3 atom stereocenters. The van der Waals surface area contributed by atoms with Crippen LogP contribution in [0.15, 0.2) is 17.5 Å². The second kappa shape index (κ2) is 15.6. The molecule has 3 N–H and O–H groups in total. The molecule has 3 saturated carbocycles. The van der Waals surface area contributed by atoms with Gasteiger partial charge in [0.15, 0.2) is 9.84 Å². The second-order valence-corrected chi connectivity index (χ2v) is 18.4. The summed E-state index contributed by atoms with van der Waals surface area (Å²) in [5.74, 6) is -0.413. The molecule has 5 aliphatic rings. The molecule has 3 aliphatic carbocycles. The highest BCUT2D eigenvalue weighted by molar-refractivity contribution is 7.92. The van der Waals surface area contributed by atoms with E-state index < -0.39 is 15.8 Å². The van der Waals surface area contributed by atoms with Gasteiger partial charge in [-0.25, -0.2) is 13.2 Å². The van der Waals surface area contributed by atoms with E-state index in [0.29, 0.717) is 43.8 Å². The van der Waals surface area contributed by atoms with E-state index in [1.807, 2.05) is 27.3 Å². The van der Waals surface area contributed by atoms with E-state index in [1.165, 1.54) is 19.3 Å². The minimum absolute atomic E-state index is 0.0211. The highest BCUT2D eigenvalue weighted by atomic mass is 32.2. The van der Waals surface area contributed by atoms with Crippen molar-refractivity contribution in [1.29, 1.82) is 0 Å². The van der Waals surface area contributed by atoms with Crippen LogP contribution in [0.25, 0.3) is 0 Å². The number of hydrogen-bond donors (Lipinski definition) is 3. The maximum atomic E-state index is 14.2. The minimum Gasteiger partial charge on any atom is -0.351 e. The molecule has 2 aliphatic heterocycles. The Balaban J connectivity index is 1.08. The Kier molecular flexibility index (Phi) is 11.5. The van der Waals surface area contributed by atoms with Crippen molar-refractivity contribution in [2.75, 3.05) is 31.9 Å². The van der Waals surface area contributed by atoms with Crippen LogP contribution in [0.3, 0.4) is 0 Å². The van der Waals surface area contributed by atoms with Crippen molar-refractivity contribution >= 4 is 39.0 Å². The molecule has 2 saturated heterocycles. The van der Waals surface area contributed by atoms with E-state index in [2.05, 4.69) is 16.0 Å². The van der Waals surface area contributed by atoms with Crippen LogP contribution in [0.2, 0.25) is 0 Å². The van der Waals surface area contributed by atoms with Crippen LogP contribution in [0, 0.1) is 11.3 Å². The summed E-state index contributed by atoms with van der Waals surface area (Å²) in [5.41, 5.74) is 0.475. The summed E-state index contributed by atoms with van der Waals surface area (Å²) in [6, 6.07) is 3.46. The van der Waals surface area contributed by atoms with Crippen LogP contribution in [-0.2, 0) is 26.0 Å². The number of nitrogens with zero attached hydrogens (tertiary/aromatic N) is 2. The summed E-state index contributed by atoms with van der Waals surface area (Å²) in [6.07, 6.45) is 15.3. The fourth-order valence-electron chi connectivity index (χ4n) is 7.89. The number of carbonyl (C=O) groups excluding carboxylic acids is 3. The quantitative estimate of drug-likeness (QED) is 0.245. The van der Waals surface area contributed by atoms with Crippen LogP contribution < -0.4 is 16.0 Å². The third kappa shape index (κ3) is 9.50. The largest absolute Gasteiger partial charge is 0.351 e. The molecular formula is C35H55N5O5S2. The van der Waals surface area contributed by atoms with E-state index in [1.54, 1.807) is 11.3 Å². The fraction of sp³-hybridized carbons (Fsp3) is 0.800. The van der Waals surface area contributed by atoms with Crippen LogP contribution in [0.4, 0.5) is 4.79 Å². The van der Waals surface area contributed by atoms with Crippen molar-refractivity contribution in [3.8, 4) is 0 Å². The number of sulfone groups is 1. The normalized spacial score (nSPS) is 25.4. The molecule has 12 heteroatoms. The van der Waals surface area contributed by atoms with E-state index >= 15 is 0 Å². The predicted octanol–water partition coefficient (Wildman–Crippen LogP) is 4.60. The Labute approximate surface area is 285 Å². The summed E-state index contributed by atoms with van der Waals surface area (Å²) >= 11 is 1.59. The van der Waals surface area contributed by atoms with Crippen LogP contribution >= 0.6 is 11.3 Å². The number of piperidine rings is 2. The summed E-state index contributed by atoms with van der Waals surface area (Å²) in [5, 5.41) is 11.9. The first kappa shape index (κ1) is 34.7. The maximum absolute atomic E-state index is 14.2. The molecule has 1 spiro atoms. The Morgan fingerprint density at radius 3 is 2.36 bits per heavy atom. The van der Waals surface area contributed by atoms with Gasteiger partial charge in [0.2, 0.25) is 11.8 Å². The van der Waals surface area contributed by atoms with Gasteiger partial charge >= 0.3 is 6.03 Å². The first-order valence-corrected chi connectivity index (χ1v) is 20.9. The Morgan fingerprint density at radius 2 is 1.68 bits per heavy atom. The van der Waals surface area contributed by atoms with Crippen LogP contribution in [-0.4, -0.2) is 91.4 Å². The van der Waals surface area contributed by atoms with Gasteiger partial charge in [-0.05, 0) is 87.5 Å². The fourth-order valence-corrected chi connectivity index (χ4v) is 10.3. The number of unbranched alkanes of at least 4 members (excludes halogenated alkanes) is 2. The molecule has 3 heterocycles. The van der Waals surface area contributed by atoms with Crippen molar-refractivity contribution < 1.29 is 22.8 Å². The third-order valence-electron chi connectivity index (χ3n) is 11.4. The zero-order valence-corrected chi connectivity index (χ0v) is 29.6. The molecule has 6 rings (SSSR count). The van der Waals surface area contributed by atoms with Crippen molar-refractivity contribution in [2.45, 2.75) is 133 Å². The molecule has 1 aromatic heterocycles. The Morgan fingerprint density at radius 1 is 0.915 bits per heavy atom. The van der Waals surface area contributed by atoms with Crippen molar-refractivity contribution in [3.63, 3.8) is 0 Å². The molecule has 262 valence electrons. The van der Waals surface area contributed by atoms with Gasteiger partial charge in [0.1, 0.15) is 0 Å². The van der Waals surface area contributed by atoms with E-state index in [4.69, 9.17) is 0 Å². The molecule has 4 amide bonds. The zero-order chi connectivity index (χ0) is 32.9. The average molecular weight is 690 g/mol. The minimum atomic E-state index is -2.96. The summed E-state index contributed by atoms with van der Waals surface area (Å²) in [6.45, 7) is 2.72. The lowest BCUT2D eigenvalue weighted by Crippen LogP contribution is -2.61. The predicted molar refractivity (Wildman–Crippen MR) is 185 cm³/mol. The molecule has 0 bridgehead atoms. The van der Waals surface area contributed by atoms with Crippen molar-refractivity contribution in [1.82, 2.24) is 25.8 Å². The number of nitrogens with one attached hydrogen (secondary N) is 3. The molecule has 0 radical (unpaired) electrons. The van der Waals surface area contributed by atoms with Gasteiger partial charge in [0.05, 0.1) is 29.5 Å². The molecule has 10 nitrogen and oxygen atoms in total. The monoisotopic (exact) mass is 689 g/mol. The highest BCUT2D eigenvalue weighted by Crippen LogP contribution is 2.53. The lowest BCUT2D eigenvalue weighted by Gasteiger charge is -2.41. The first-order chi connectivity index (χ1) is 22.7. The Bertz CT molecular complexity index is 1310. The van der Waals surface area contributed by atoms with Gasteiger partial charge in [-0.15, -0.1) is 11.3 Å². The van der Waals surface area contributed by atoms with E-state index in [0.717, 1.165) is 82.2 Å². The first-order valence-electron chi connectivity index (χ1n) is 18.3. The van der Waals surface area contributed by atoms with Gasteiger partial charge in [0, 0.05) is 43.1 Å². The van der Waals surface area contributed by atoms with Gasteiger partial charge in [-0.2, -0.15) is 0 Å². The lowest BCUT2D eigenvalue weighted by atomic mass is 9.89. The molecule has 1 aromatic rings. The van der Waals surface area contributed by atoms with Crippen LogP contribution in [0.1, 0.15) is 108 Å². The van der Waals surface area contributed by atoms with E-state index in [9.17, 15) is 22.8 Å². The SMILES string of the molecule is O=C(NCc1cccs1)[C@H]1CN(C(=O)[C@@H](CCCCCS(=O)(=O)C2CC2)NC2CCCCC2)CC[C@H]1NC(=O)N1CCC2(CC1)CC2. The maximum Gasteiger partial charge on any atom is 0.317 e. The van der Waals surface area contributed by atoms with Gasteiger partial charge in [0.25, 0.3) is 0 Å². The Hall–Kier alpha value is -2.18. The number of amides is 4. The second-order valence-electron chi connectivity index (χ2n) is 15.0. The third-order valence-corrected chi connectivity index (χ3v) is 14.7. The number of hydrogen-bond acceptors (Lipinski definition) is 7. The van der Waals surface area contributed by atoms with E-state index in [-0.39, 0.29) is 47.5 Å². The van der Waals surface area contributed by atoms with Gasteiger partial charge < -0.3 is 25.8 Å². The topological polar surface area (TPSA) is 128 Å². The van der Waals surface area contributed by atoms with Crippen molar-refractivity contribution in [3.05, 3.63) is 22.4 Å². The lowest BCUT2D eigenvalue weighted by molar-refractivity contribution is -0.138. The van der Waals surface area contributed by atoms with Gasteiger partial charge in [-0.3, -0.25) is 9.59 Å². The molecular weight excluding hydrogens is 635 g/mol. The smallest absolute Gasteiger partial charge is 0.317 e. The number of carbonyl (C=O) groups is 3. The molecule has 0 aromatic carbocycles. The summed E-state index contributed by atoms with van der Waals surface area (Å²) in [4.78, 5) is 46.1. The molecule has 0 unspecified atom stereocenters. The molecule has 47 heavy (non-hydrogen) atoms. The standard InChI is InChI=1S/C35H55N5O5S2/c41-32(36-24-27-10-7-22-46-27)29-25-40(19-14-30(29)38-34(43)39-20-17-35(15-16-35)18-21-39)33(42)31(37-26-8-3-1-4-9-26)11-5-2-6-23-47(44,45)28-12-13-28/h7,10,22,26,28-31,37H,1-6,8-9,11-21,23-25H2,(H,36,41)(H,38,43)/t29-,30+,31+/m0/s1. The number of rotatable bonds is 14. The summed E-state index contributed by atoms with van der Waals surface area (Å²) < 4.78 is 24.7. The zero-order valence-electron chi connectivity index (χ0n) is 27.9. The highest BCUT2D eigenvalue weighted by Gasteiger charge is 2.46. The van der Waals surface area contributed by atoms with Crippen LogP contribution in [0.5, 0.6) is 0 Å². The van der Waals surface area contributed by atoms with Crippen molar-refractivity contribution in [2.24, 2.45) is 11.3 Å². The number of thiophene rings is 1. The number of urea groups is 1. The summed E-state index contributed by atoms with van der Waals surface area (Å²) in [7, 11) is -2.96.